The molecule has 0 saturated carbocycles. The van der Waals surface area contributed by atoms with Crippen LogP contribution in [0, 0.1) is 5.95 Å². The second-order valence-corrected chi connectivity index (χ2v) is 11.2. The molecule has 0 radical (unpaired) electrons. The van der Waals surface area contributed by atoms with Crippen molar-refractivity contribution in [2.24, 2.45) is 0 Å². The summed E-state index contributed by atoms with van der Waals surface area (Å²) in [4.78, 5) is 40.3. The Labute approximate surface area is 245 Å². The highest BCUT2D eigenvalue weighted by Gasteiger charge is 2.45. The first-order chi connectivity index (χ1) is 19.6. The van der Waals surface area contributed by atoms with Crippen LogP contribution in [0.2, 0.25) is 0 Å². The minimum atomic E-state index is -0.941. The molecule has 2 N–H and O–H groups in total. The van der Waals surface area contributed by atoms with Crippen molar-refractivity contribution in [3.05, 3.63) is 69.6 Å². The molecule has 0 unspecified atom stereocenters. The number of pyridine rings is 1. The minimum Gasteiger partial charge on any atom is -0.493 e. The third kappa shape index (κ3) is 5.43. The number of fused-ring (bicyclic) bond motifs is 3. The Morgan fingerprint density at radius 1 is 1.05 bits per heavy atom. The first-order valence-corrected chi connectivity index (χ1v) is 14.1. The Hall–Kier alpha value is -3.83. The highest BCUT2D eigenvalue weighted by Crippen LogP contribution is 2.41. The maximum Gasteiger partial charge on any atom is 0.262 e. The van der Waals surface area contributed by atoms with Crippen molar-refractivity contribution in [2.45, 2.75) is 32.1 Å². The average Bonchev–Trinajstić information content (AvgIpc) is 3.41. The highest BCUT2D eigenvalue weighted by molar-refractivity contribution is 9.10. The number of ether oxygens (including phenoxy) is 2. The van der Waals surface area contributed by atoms with Gasteiger partial charge in [0.15, 0.2) is 17.3 Å². The van der Waals surface area contributed by atoms with Crippen molar-refractivity contribution >= 4 is 38.8 Å². The van der Waals surface area contributed by atoms with Crippen LogP contribution >= 0.6 is 15.9 Å². The second-order valence-electron chi connectivity index (χ2n) is 10.4. The lowest BCUT2D eigenvalue weighted by atomic mass is 9.76. The van der Waals surface area contributed by atoms with E-state index in [1.165, 1.54) is 11.0 Å². The summed E-state index contributed by atoms with van der Waals surface area (Å²) >= 11 is 3.55. The number of hydrogen-bond acceptors (Lipinski definition) is 7. The summed E-state index contributed by atoms with van der Waals surface area (Å²) in [5.41, 5.74) is 2.49. The SMILES string of the molecule is COc1ccc(CCNCCCN2C(=O)c3c(cc(Br)c4nc(-c5cccc(F)n5)[nH]c34)C(C)(C)C2=O)cc1OC. The molecule has 2 aromatic heterocycles. The van der Waals surface area contributed by atoms with Crippen molar-refractivity contribution in [1.82, 2.24) is 25.2 Å². The van der Waals surface area contributed by atoms with Crippen molar-refractivity contribution < 1.29 is 23.5 Å². The Morgan fingerprint density at radius 2 is 1.83 bits per heavy atom. The number of imidazole rings is 1. The third-order valence-electron chi connectivity index (χ3n) is 7.36. The number of methoxy groups -OCH3 is 2. The largest absolute Gasteiger partial charge is 0.493 e. The van der Waals surface area contributed by atoms with E-state index in [4.69, 9.17) is 9.47 Å². The topological polar surface area (TPSA) is 109 Å². The van der Waals surface area contributed by atoms with Gasteiger partial charge in [-0.05, 0) is 97.2 Å². The quantitative estimate of drug-likeness (QED) is 0.145. The van der Waals surface area contributed by atoms with Crippen molar-refractivity contribution in [3.8, 4) is 23.0 Å². The van der Waals surface area contributed by atoms with E-state index < -0.39 is 11.4 Å². The Morgan fingerprint density at radius 3 is 2.56 bits per heavy atom. The number of carbonyl (C=O) groups is 2. The number of nitrogens with one attached hydrogen (secondary N) is 2. The fourth-order valence-corrected chi connectivity index (χ4v) is 5.66. The number of rotatable bonds is 10. The lowest BCUT2D eigenvalue weighted by Gasteiger charge is -2.37. The van der Waals surface area contributed by atoms with Crippen LogP contribution in [0.1, 0.15) is 41.8 Å². The molecular weight excluding hydrogens is 593 g/mol. The number of aromatic nitrogens is 3. The zero-order chi connectivity index (χ0) is 29.3. The number of H-pyrrole nitrogens is 1. The number of halogens is 2. The number of hydrogen-bond donors (Lipinski definition) is 2. The predicted octanol–water partition coefficient (Wildman–Crippen LogP) is 5.03. The summed E-state index contributed by atoms with van der Waals surface area (Å²) in [6.07, 6.45) is 1.38. The molecular formula is C30H31BrFN5O4. The number of imide groups is 1. The van der Waals surface area contributed by atoms with Crippen LogP contribution < -0.4 is 14.8 Å². The van der Waals surface area contributed by atoms with Gasteiger partial charge in [-0.25, -0.2) is 9.97 Å². The van der Waals surface area contributed by atoms with Crippen LogP contribution in [0.25, 0.3) is 22.6 Å². The molecule has 11 heteroatoms. The van der Waals surface area contributed by atoms with Crippen molar-refractivity contribution in [1.29, 1.82) is 0 Å². The zero-order valence-electron chi connectivity index (χ0n) is 23.3. The van der Waals surface area contributed by atoms with Gasteiger partial charge in [-0.15, -0.1) is 0 Å². The van der Waals surface area contributed by atoms with Gasteiger partial charge in [-0.2, -0.15) is 4.39 Å². The van der Waals surface area contributed by atoms with E-state index in [2.05, 4.69) is 36.2 Å². The number of carbonyl (C=O) groups excluding carboxylic acids is 2. The zero-order valence-corrected chi connectivity index (χ0v) is 24.9. The third-order valence-corrected chi connectivity index (χ3v) is 7.97. The van der Waals surface area contributed by atoms with Gasteiger partial charge in [-0.1, -0.05) is 12.1 Å². The maximum absolute atomic E-state index is 13.8. The van der Waals surface area contributed by atoms with E-state index in [1.807, 2.05) is 32.0 Å². The van der Waals surface area contributed by atoms with E-state index in [1.54, 1.807) is 32.4 Å². The molecule has 2 aromatic carbocycles. The van der Waals surface area contributed by atoms with Crippen molar-refractivity contribution in [3.63, 3.8) is 0 Å². The molecule has 0 saturated heterocycles. The Balaban J connectivity index is 1.30. The molecule has 1 aliphatic rings. The van der Waals surface area contributed by atoms with Gasteiger partial charge >= 0.3 is 0 Å². The number of amides is 2. The molecule has 214 valence electrons. The predicted molar refractivity (Wildman–Crippen MR) is 157 cm³/mol. The van der Waals surface area contributed by atoms with Gasteiger partial charge in [-0.3, -0.25) is 14.5 Å². The van der Waals surface area contributed by atoms with Gasteiger partial charge in [0.1, 0.15) is 11.2 Å². The first-order valence-electron chi connectivity index (χ1n) is 13.3. The number of aromatic amines is 1. The molecule has 2 amide bonds. The Bertz CT molecular complexity index is 1640. The second kappa shape index (κ2) is 11.6. The molecule has 0 bridgehead atoms. The maximum atomic E-state index is 13.8. The van der Waals surface area contributed by atoms with Gasteiger partial charge in [0.2, 0.25) is 11.9 Å². The standard InChI is InChI=1S/C30H31BrFN5O4/c1-30(2)18-16-19(31)25-26(36-27(35-25)20-7-5-8-23(32)34-20)24(18)28(38)37(29(30)39)14-6-12-33-13-11-17-9-10-21(40-3)22(15-17)41-4/h5,7-10,15-16,33H,6,11-14H2,1-4H3,(H,35,36). The molecule has 5 rings (SSSR count). The number of benzene rings is 2. The molecule has 3 heterocycles. The smallest absolute Gasteiger partial charge is 0.262 e. The van der Waals surface area contributed by atoms with E-state index in [0.29, 0.717) is 62.6 Å². The summed E-state index contributed by atoms with van der Waals surface area (Å²) in [5, 5.41) is 3.39. The van der Waals surface area contributed by atoms with Gasteiger partial charge in [0.05, 0.1) is 30.7 Å². The van der Waals surface area contributed by atoms with E-state index in [-0.39, 0.29) is 18.4 Å². The van der Waals surface area contributed by atoms with Crippen LogP contribution in [0.3, 0.4) is 0 Å². The molecule has 0 aliphatic carbocycles. The average molecular weight is 625 g/mol. The lowest BCUT2D eigenvalue weighted by molar-refractivity contribution is -0.134. The lowest BCUT2D eigenvalue weighted by Crippen LogP contribution is -2.52. The van der Waals surface area contributed by atoms with Crippen LogP contribution in [-0.4, -0.2) is 65.5 Å². The monoisotopic (exact) mass is 623 g/mol. The highest BCUT2D eigenvalue weighted by atomic mass is 79.9. The number of nitrogens with zero attached hydrogens (tertiary/aromatic N) is 3. The molecule has 9 nitrogen and oxygen atoms in total. The molecule has 0 atom stereocenters. The van der Waals surface area contributed by atoms with Crippen molar-refractivity contribution in [2.75, 3.05) is 33.9 Å². The van der Waals surface area contributed by atoms with Crippen LogP contribution in [0.5, 0.6) is 11.5 Å². The van der Waals surface area contributed by atoms with Gasteiger partial charge in [0, 0.05) is 11.0 Å². The molecule has 0 spiro atoms. The summed E-state index contributed by atoms with van der Waals surface area (Å²) < 4.78 is 25.1. The van der Waals surface area contributed by atoms with Gasteiger partial charge in [0.25, 0.3) is 5.91 Å². The summed E-state index contributed by atoms with van der Waals surface area (Å²) in [6, 6.07) is 12.1. The summed E-state index contributed by atoms with van der Waals surface area (Å²) in [5.74, 6) is 0.448. The summed E-state index contributed by atoms with van der Waals surface area (Å²) in [7, 11) is 3.22. The van der Waals surface area contributed by atoms with E-state index in [9.17, 15) is 14.0 Å². The molecule has 4 aromatic rings. The normalized spacial score (nSPS) is 14.4. The molecule has 0 fully saturated rings. The van der Waals surface area contributed by atoms with Gasteiger partial charge < -0.3 is 19.8 Å². The fraction of sp³-hybridized carbons (Fsp3) is 0.333. The molecule has 1 aliphatic heterocycles. The minimum absolute atomic E-state index is 0.252. The summed E-state index contributed by atoms with van der Waals surface area (Å²) in [6.45, 7) is 5.27. The van der Waals surface area contributed by atoms with E-state index >= 15 is 0 Å². The van der Waals surface area contributed by atoms with E-state index in [0.717, 1.165) is 18.5 Å². The molecule has 41 heavy (non-hydrogen) atoms. The first kappa shape index (κ1) is 28.7. The van der Waals surface area contributed by atoms with Crippen LogP contribution in [0.4, 0.5) is 4.39 Å². The Kier molecular flexibility index (Phi) is 8.10. The van der Waals surface area contributed by atoms with Crippen LogP contribution in [0.15, 0.2) is 46.9 Å². The van der Waals surface area contributed by atoms with Crippen LogP contribution in [-0.2, 0) is 16.6 Å². The fourth-order valence-electron chi connectivity index (χ4n) is 5.14.